The molecule has 0 aliphatic heterocycles. The van der Waals surface area contributed by atoms with E-state index >= 15 is 0 Å². The fourth-order valence-corrected chi connectivity index (χ4v) is 1.21. The Balaban J connectivity index is 2.13. The summed E-state index contributed by atoms with van der Waals surface area (Å²) in [4.78, 5) is 18.1. The summed E-state index contributed by atoms with van der Waals surface area (Å²) in [6.45, 7) is 2.25. The van der Waals surface area contributed by atoms with Crippen molar-refractivity contribution < 1.29 is 0 Å². The van der Waals surface area contributed by atoms with Gasteiger partial charge in [0.05, 0.1) is 12.1 Å². The fourth-order valence-electron chi connectivity index (χ4n) is 1.21. The molecule has 0 bridgehead atoms. The molecule has 76 valence electrons. The van der Waals surface area contributed by atoms with Crippen LogP contribution in [0.25, 0.3) is 0 Å². The van der Waals surface area contributed by atoms with Gasteiger partial charge in [-0.25, -0.2) is 4.98 Å². The number of hydrogen-bond acceptors (Lipinski definition) is 4. The molecule has 1 aliphatic carbocycles. The van der Waals surface area contributed by atoms with E-state index in [1.165, 1.54) is 12.8 Å². The van der Waals surface area contributed by atoms with Gasteiger partial charge in [-0.2, -0.15) is 0 Å². The molecule has 1 heterocycles. The Morgan fingerprint density at radius 3 is 2.93 bits per heavy atom. The van der Waals surface area contributed by atoms with Crippen molar-refractivity contribution in [3.8, 4) is 0 Å². The Labute approximate surface area is 81.7 Å². The average molecular weight is 194 g/mol. The van der Waals surface area contributed by atoms with E-state index in [9.17, 15) is 4.79 Å². The van der Waals surface area contributed by atoms with E-state index in [0.717, 1.165) is 0 Å². The number of nitrogen functional groups attached to an aromatic ring is 1. The molecule has 5 heteroatoms. The second-order valence-corrected chi connectivity index (χ2v) is 3.68. The van der Waals surface area contributed by atoms with Crippen molar-refractivity contribution in [2.24, 2.45) is 0 Å². The molecule has 0 unspecified atom stereocenters. The average Bonchev–Trinajstić information content (AvgIpc) is 2.94. The van der Waals surface area contributed by atoms with Gasteiger partial charge in [-0.1, -0.05) is 0 Å². The van der Waals surface area contributed by atoms with Gasteiger partial charge >= 0.3 is 0 Å². The molecule has 1 fully saturated rings. The van der Waals surface area contributed by atoms with Gasteiger partial charge in [-0.3, -0.25) is 4.79 Å². The SMILES string of the molecule is Cc1c(N)nc(CNC2CC2)[nH]c1=O. The smallest absolute Gasteiger partial charge is 0.255 e. The minimum atomic E-state index is -0.148. The van der Waals surface area contributed by atoms with Crippen LogP contribution in [0.1, 0.15) is 24.2 Å². The predicted molar refractivity (Wildman–Crippen MR) is 53.9 cm³/mol. The summed E-state index contributed by atoms with van der Waals surface area (Å²) in [5.41, 5.74) is 5.92. The van der Waals surface area contributed by atoms with E-state index in [2.05, 4.69) is 15.3 Å². The summed E-state index contributed by atoms with van der Waals surface area (Å²) in [7, 11) is 0. The van der Waals surface area contributed by atoms with Gasteiger partial charge in [0.2, 0.25) is 0 Å². The molecule has 0 aromatic carbocycles. The predicted octanol–water partition coefficient (Wildman–Crippen LogP) is -0.0875. The Kier molecular flexibility index (Phi) is 2.25. The van der Waals surface area contributed by atoms with Gasteiger partial charge in [-0.05, 0) is 19.8 Å². The number of hydrogen-bond donors (Lipinski definition) is 3. The summed E-state index contributed by atoms with van der Waals surface area (Å²) >= 11 is 0. The van der Waals surface area contributed by atoms with E-state index in [-0.39, 0.29) is 5.56 Å². The normalized spacial score (nSPS) is 15.8. The minimum Gasteiger partial charge on any atom is -0.383 e. The highest BCUT2D eigenvalue weighted by atomic mass is 16.1. The van der Waals surface area contributed by atoms with Crippen molar-refractivity contribution in [3.63, 3.8) is 0 Å². The molecule has 1 aromatic rings. The number of nitrogens with zero attached hydrogens (tertiary/aromatic N) is 1. The highest BCUT2D eigenvalue weighted by molar-refractivity contribution is 5.36. The topological polar surface area (TPSA) is 83.8 Å². The quantitative estimate of drug-likeness (QED) is 0.628. The van der Waals surface area contributed by atoms with Crippen molar-refractivity contribution in [2.75, 3.05) is 5.73 Å². The first-order valence-corrected chi connectivity index (χ1v) is 4.75. The summed E-state index contributed by atoms with van der Waals surface area (Å²) in [6.07, 6.45) is 2.43. The number of aromatic amines is 1. The van der Waals surface area contributed by atoms with Crippen LogP contribution in [0.5, 0.6) is 0 Å². The van der Waals surface area contributed by atoms with Crippen molar-refractivity contribution in [1.82, 2.24) is 15.3 Å². The third kappa shape index (κ3) is 1.93. The molecule has 14 heavy (non-hydrogen) atoms. The highest BCUT2D eigenvalue weighted by Crippen LogP contribution is 2.18. The van der Waals surface area contributed by atoms with E-state index in [1.807, 2.05) is 0 Å². The third-order valence-corrected chi connectivity index (χ3v) is 2.37. The molecule has 0 atom stereocenters. The van der Waals surface area contributed by atoms with Crippen LogP contribution in [0.2, 0.25) is 0 Å². The molecule has 0 spiro atoms. The van der Waals surface area contributed by atoms with Gasteiger partial charge in [0.25, 0.3) is 5.56 Å². The number of anilines is 1. The van der Waals surface area contributed by atoms with Crippen LogP contribution in [0, 0.1) is 6.92 Å². The molecule has 1 saturated carbocycles. The molecule has 1 aliphatic rings. The number of nitrogens with one attached hydrogen (secondary N) is 2. The maximum Gasteiger partial charge on any atom is 0.255 e. The van der Waals surface area contributed by atoms with Gasteiger partial charge in [0.15, 0.2) is 0 Å². The lowest BCUT2D eigenvalue weighted by Gasteiger charge is -2.04. The fraction of sp³-hybridized carbons (Fsp3) is 0.556. The van der Waals surface area contributed by atoms with Crippen LogP contribution in [0.4, 0.5) is 5.82 Å². The maximum atomic E-state index is 11.3. The molecule has 5 nitrogen and oxygen atoms in total. The molecule has 2 rings (SSSR count). The Morgan fingerprint density at radius 1 is 1.64 bits per heavy atom. The molecular formula is C9H14N4O. The molecule has 1 aromatic heterocycles. The van der Waals surface area contributed by atoms with E-state index in [1.54, 1.807) is 6.92 Å². The van der Waals surface area contributed by atoms with Gasteiger partial charge in [-0.15, -0.1) is 0 Å². The van der Waals surface area contributed by atoms with Crippen LogP contribution in [-0.2, 0) is 6.54 Å². The second kappa shape index (κ2) is 3.42. The highest BCUT2D eigenvalue weighted by Gasteiger charge is 2.20. The maximum absolute atomic E-state index is 11.3. The zero-order valence-electron chi connectivity index (χ0n) is 8.13. The van der Waals surface area contributed by atoms with Gasteiger partial charge in [0.1, 0.15) is 11.6 Å². The zero-order valence-corrected chi connectivity index (χ0v) is 8.13. The van der Waals surface area contributed by atoms with E-state index < -0.39 is 0 Å². The third-order valence-electron chi connectivity index (χ3n) is 2.37. The number of nitrogens with two attached hydrogens (primary N) is 1. The number of H-pyrrole nitrogens is 1. The Bertz CT molecular complexity index is 394. The van der Waals surface area contributed by atoms with Crippen molar-refractivity contribution >= 4 is 5.82 Å². The second-order valence-electron chi connectivity index (χ2n) is 3.68. The van der Waals surface area contributed by atoms with Crippen LogP contribution in [0.3, 0.4) is 0 Å². The lowest BCUT2D eigenvalue weighted by Crippen LogP contribution is -2.23. The summed E-state index contributed by atoms with van der Waals surface area (Å²) in [5, 5.41) is 3.26. The summed E-state index contributed by atoms with van der Waals surface area (Å²) in [6, 6.07) is 0.600. The van der Waals surface area contributed by atoms with Crippen molar-refractivity contribution in [1.29, 1.82) is 0 Å². The van der Waals surface area contributed by atoms with E-state index in [4.69, 9.17) is 5.73 Å². The number of aromatic nitrogens is 2. The molecule has 4 N–H and O–H groups in total. The summed E-state index contributed by atoms with van der Waals surface area (Å²) in [5.74, 6) is 0.936. The van der Waals surface area contributed by atoms with Crippen LogP contribution in [0.15, 0.2) is 4.79 Å². The monoisotopic (exact) mass is 194 g/mol. The first-order valence-electron chi connectivity index (χ1n) is 4.75. The lowest BCUT2D eigenvalue weighted by atomic mass is 10.3. The summed E-state index contributed by atoms with van der Waals surface area (Å²) < 4.78 is 0. The molecule has 0 saturated heterocycles. The van der Waals surface area contributed by atoms with E-state index in [0.29, 0.717) is 29.8 Å². The standard InChI is InChI=1S/C9H14N4O/c1-5-8(10)12-7(13-9(5)14)4-11-6-2-3-6/h6,11H,2-4H2,1H3,(H3,10,12,13,14). The molecule has 0 radical (unpaired) electrons. The largest absolute Gasteiger partial charge is 0.383 e. The zero-order chi connectivity index (χ0) is 10.1. The Morgan fingerprint density at radius 2 is 2.36 bits per heavy atom. The van der Waals surface area contributed by atoms with Crippen LogP contribution < -0.4 is 16.6 Å². The molecular weight excluding hydrogens is 180 g/mol. The van der Waals surface area contributed by atoms with Crippen LogP contribution >= 0.6 is 0 Å². The first kappa shape index (κ1) is 9.21. The van der Waals surface area contributed by atoms with Gasteiger partial charge in [0, 0.05) is 6.04 Å². The Hall–Kier alpha value is -1.36. The first-order chi connectivity index (χ1) is 6.66. The van der Waals surface area contributed by atoms with Gasteiger partial charge < -0.3 is 16.0 Å². The minimum absolute atomic E-state index is 0.148. The molecule has 0 amide bonds. The lowest BCUT2D eigenvalue weighted by molar-refractivity contribution is 0.655. The van der Waals surface area contributed by atoms with Crippen molar-refractivity contribution in [2.45, 2.75) is 32.4 Å². The van der Waals surface area contributed by atoms with Crippen molar-refractivity contribution in [3.05, 3.63) is 21.7 Å². The number of rotatable bonds is 3. The van der Waals surface area contributed by atoms with Crippen LogP contribution in [-0.4, -0.2) is 16.0 Å².